The number of allylic oxidation sites excluding steroid dienone is 1. The zero-order chi connectivity index (χ0) is 12.6. The maximum atomic E-state index is 4.17. The maximum Gasteiger partial charge on any atom is 0.0746 e. The van der Waals surface area contributed by atoms with Crippen LogP contribution in [0.4, 0.5) is 0 Å². The van der Waals surface area contributed by atoms with E-state index in [0.717, 1.165) is 17.8 Å². The van der Waals surface area contributed by atoms with E-state index in [4.69, 9.17) is 0 Å². The summed E-state index contributed by atoms with van der Waals surface area (Å²) >= 11 is 0. The molecule has 0 radical (unpaired) electrons. The zero-order valence-corrected chi connectivity index (χ0v) is 12.0. The van der Waals surface area contributed by atoms with Gasteiger partial charge in [-0.1, -0.05) is 32.4 Å². The molecule has 2 rings (SSSR count). The third-order valence-corrected chi connectivity index (χ3v) is 5.51. The number of hydrogen-bond donors (Lipinski definition) is 1. The zero-order valence-electron chi connectivity index (χ0n) is 12.0. The van der Waals surface area contributed by atoms with Crippen LogP contribution in [0.3, 0.4) is 0 Å². The molecule has 1 fully saturated rings. The van der Waals surface area contributed by atoms with Crippen molar-refractivity contribution in [2.24, 2.45) is 23.2 Å². The van der Waals surface area contributed by atoms with E-state index < -0.39 is 0 Å². The molecule has 98 valence electrons. The first-order valence-corrected chi connectivity index (χ1v) is 7.32. The van der Waals surface area contributed by atoms with Gasteiger partial charge in [0.1, 0.15) is 0 Å². The van der Waals surface area contributed by atoms with Gasteiger partial charge >= 0.3 is 0 Å². The monoisotopic (exact) mass is 235 g/mol. The van der Waals surface area contributed by atoms with Gasteiger partial charge in [0.25, 0.3) is 0 Å². The van der Waals surface area contributed by atoms with Gasteiger partial charge in [0.05, 0.1) is 6.04 Å². The smallest absolute Gasteiger partial charge is 0.0746 e. The summed E-state index contributed by atoms with van der Waals surface area (Å²) in [5.74, 6) is 2.46. The number of hydrogen-bond acceptors (Lipinski definition) is 0. The van der Waals surface area contributed by atoms with Gasteiger partial charge in [-0.2, -0.15) is 7.05 Å². The summed E-state index contributed by atoms with van der Waals surface area (Å²) < 4.78 is 0. The van der Waals surface area contributed by atoms with Crippen LogP contribution in [0, 0.1) is 30.2 Å². The van der Waals surface area contributed by atoms with Crippen molar-refractivity contribution in [1.29, 1.82) is 0 Å². The molecule has 1 heteroatoms. The minimum atomic E-state index is 0.443. The van der Waals surface area contributed by atoms with Crippen LogP contribution in [-0.2, 0) is 0 Å². The lowest BCUT2D eigenvalue weighted by Gasteiger charge is -2.49. The van der Waals surface area contributed by atoms with Crippen molar-refractivity contribution in [3.05, 3.63) is 18.7 Å². The Kier molecular flexibility index (Phi) is 3.68. The highest BCUT2D eigenvalue weighted by atomic mass is 14.9. The van der Waals surface area contributed by atoms with Crippen LogP contribution in [0.15, 0.2) is 11.6 Å². The molecule has 0 heterocycles. The standard InChI is InChI=1S/C16H29N/c1-11(2)14-7-6-13(4)16(15(14)17-5)9-8-12(3)10-16/h10-11,13-15H,5-9,17H2,1-4H3/t13-,14+,15-,16?/m0/s1. The molecule has 1 nitrogen and oxygen atoms in total. The Morgan fingerprint density at radius 2 is 2.12 bits per heavy atom. The van der Waals surface area contributed by atoms with Crippen LogP contribution in [0.5, 0.6) is 0 Å². The summed E-state index contributed by atoms with van der Waals surface area (Å²) in [7, 11) is 4.17. The Morgan fingerprint density at radius 3 is 2.59 bits per heavy atom. The van der Waals surface area contributed by atoms with E-state index in [1.807, 2.05) is 0 Å². The first-order chi connectivity index (χ1) is 8.01. The van der Waals surface area contributed by atoms with Crippen LogP contribution in [0.2, 0.25) is 0 Å². The quantitative estimate of drug-likeness (QED) is 0.559. The van der Waals surface area contributed by atoms with Crippen molar-refractivity contribution in [2.75, 3.05) is 0 Å². The Morgan fingerprint density at radius 1 is 1.41 bits per heavy atom. The normalized spacial score (nSPS) is 42.2. The molecule has 2 aliphatic carbocycles. The molecule has 17 heavy (non-hydrogen) atoms. The summed E-state index contributed by atoms with van der Waals surface area (Å²) in [6.07, 6.45) is 8.07. The minimum absolute atomic E-state index is 0.443. The Hall–Kier alpha value is -0.300. The predicted octanol–water partition coefficient (Wildman–Crippen LogP) is 3.14. The molecule has 0 aromatic heterocycles. The Bertz CT molecular complexity index is 305. The molecule has 2 aliphatic rings. The fourth-order valence-electron chi connectivity index (χ4n) is 4.43. The summed E-state index contributed by atoms with van der Waals surface area (Å²) in [5.41, 5.74) is 2.05. The molecule has 1 spiro atoms. The lowest BCUT2D eigenvalue weighted by Crippen LogP contribution is -2.90. The minimum Gasteiger partial charge on any atom is -0.475 e. The van der Waals surface area contributed by atoms with E-state index >= 15 is 0 Å². The van der Waals surface area contributed by atoms with E-state index in [1.54, 1.807) is 5.57 Å². The van der Waals surface area contributed by atoms with E-state index in [-0.39, 0.29) is 0 Å². The third-order valence-electron chi connectivity index (χ3n) is 5.51. The van der Waals surface area contributed by atoms with Crippen molar-refractivity contribution >= 4 is 0 Å². The Labute approximate surface area is 107 Å². The van der Waals surface area contributed by atoms with Gasteiger partial charge in [-0.05, 0) is 44.4 Å². The van der Waals surface area contributed by atoms with Crippen molar-refractivity contribution in [3.63, 3.8) is 0 Å². The molecule has 4 atom stereocenters. The molecule has 0 amide bonds. The summed E-state index contributed by atoms with van der Waals surface area (Å²) in [4.78, 5) is 0. The van der Waals surface area contributed by atoms with Crippen LogP contribution in [0.1, 0.15) is 53.4 Å². The fraction of sp³-hybridized carbons (Fsp3) is 0.812. The maximum absolute atomic E-state index is 4.17. The molecular weight excluding hydrogens is 206 g/mol. The predicted molar refractivity (Wildman–Crippen MR) is 73.2 cm³/mol. The largest absolute Gasteiger partial charge is 0.475 e. The SMILES string of the molecule is [CH2-][NH2+][C@H]1[C@@H](C(C)C)CC[C@H](C)C12C=C(C)CC2. The molecule has 1 unspecified atom stereocenters. The second-order valence-electron chi connectivity index (χ2n) is 6.75. The second-order valence-corrected chi connectivity index (χ2v) is 6.75. The van der Waals surface area contributed by atoms with Gasteiger partial charge in [0.15, 0.2) is 0 Å². The van der Waals surface area contributed by atoms with Crippen LogP contribution in [-0.4, -0.2) is 6.04 Å². The number of nitrogens with two attached hydrogens (primary N) is 1. The third kappa shape index (κ3) is 2.07. The van der Waals surface area contributed by atoms with Crippen molar-refractivity contribution < 1.29 is 5.32 Å². The Balaban J connectivity index is 2.33. The lowest BCUT2D eigenvalue weighted by molar-refractivity contribution is -0.661. The molecule has 0 aromatic rings. The van der Waals surface area contributed by atoms with Gasteiger partial charge < -0.3 is 5.32 Å². The highest BCUT2D eigenvalue weighted by molar-refractivity contribution is 5.20. The second kappa shape index (κ2) is 4.76. The number of quaternary nitrogens is 1. The molecule has 0 bridgehead atoms. The highest BCUT2D eigenvalue weighted by Gasteiger charge is 2.51. The van der Waals surface area contributed by atoms with Gasteiger partial charge in [0, 0.05) is 11.3 Å². The van der Waals surface area contributed by atoms with Gasteiger partial charge in [-0.25, -0.2) is 0 Å². The summed E-state index contributed by atoms with van der Waals surface area (Å²) in [5, 5.41) is 2.27. The van der Waals surface area contributed by atoms with Crippen LogP contribution >= 0.6 is 0 Å². The summed E-state index contributed by atoms with van der Waals surface area (Å²) in [6, 6.07) is 0.698. The highest BCUT2D eigenvalue weighted by Crippen LogP contribution is 2.52. The first-order valence-electron chi connectivity index (χ1n) is 7.32. The topological polar surface area (TPSA) is 16.6 Å². The van der Waals surface area contributed by atoms with Crippen LogP contribution in [0.25, 0.3) is 0 Å². The molecule has 0 aromatic carbocycles. The summed E-state index contributed by atoms with van der Waals surface area (Å²) in [6.45, 7) is 9.54. The van der Waals surface area contributed by atoms with Crippen LogP contribution < -0.4 is 5.32 Å². The molecule has 0 saturated heterocycles. The van der Waals surface area contributed by atoms with E-state index in [0.29, 0.717) is 11.5 Å². The molecular formula is C16H29N. The average molecular weight is 235 g/mol. The average Bonchev–Trinajstić information content (AvgIpc) is 2.65. The van der Waals surface area contributed by atoms with Gasteiger partial charge in [0.2, 0.25) is 0 Å². The van der Waals surface area contributed by atoms with E-state index in [2.05, 4.69) is 46.1 Å². The molecule has 2 N–H and O–H groups in total. The van der Waals surface area contributed by atoms with E-state index in [1.165, 1.54) is 25.7 Å². The van der Waals surface area contributed by atoms with Crippen molar-refractivity contribution in [1.82, 2.24) is 0 Å². The van der Waals surface area contributed by atoms with Crippen molar-refractivity contribution in [3.8, 4) is 0 Å². The van der Waals surface area contributed by atoms with Crippen molar-refractivity contribution in [2.45, 2.75) is 59.4 Å². The number of rotatable bonds is 2. The van der Waals surface area contributed by atoms with E-state index in [9.17, 15) is 0 Å². The van der Waals surface area contributed by atoms with Gasteiger partial charge in [-0.15, -0.1) is 0 Å². The molecule has 0 aliphatic heterocycles. The van der Waals surface area contributed by atoms with Gasteiger partial charge in [-0.3, -0.25) is 0 Å². The lowest BCUT2D eigenvalue weighted by atomic mass is 9.58. The fourth-order valence-corrected chi connectivity index (χ4v) is 4.43. The first kappa shape index (κ1) is 13.1. The molecule has 1 saturated carbocycles.